The molecule has 1 aliphatic carbocycles. The summed E-state index contributed by atoms with van der Waals surface area (Å²) in [5, 5.41) is 6.30. The molecule has 14 heavy (non-hydrogen) atoms. The molecule has 1 N–H and O–H groups in total. The molecular weight excluding hydrogens is 212 g/mol. The average molecular weight is 226 g/mol. The maximum Gasteiger partial charge on any atom is 0.169 e. The topological polar surface area (TPSA) is 15.3 Å². The van der Waals surface area contributed by atoms with Crippen LogP contribution in [0.2, 0.25) is 0 Å². The quantitative estimate of drug-likeness (QED) is 0.796. The Balaban J connectivity index is 1.81. The fourth-order valence-corrected chi connectivity index (χ4v) is 2.21. The van der Waals surface area contributed by atoms with Crippen molar-refractivity contribution in [3.8, 4) is 0 Å². The van der Waals surface area contributed by atoms with Crippen LogP contribution in [0.15, 0.2) is 17.5 Å². The Labute approximate surface area is 93.9 Å². The molecule has 1 aliphatic rings. The van der Waals surface area contributed by atoms with Gasteiger partial charge in [0.25, 0.3) is 0 Å². The van der Waals surface area contributed by atoms with Crippen molar-refractivity contribution in [2.45, 2.75) is 25.4 Å². The zero-order valence-corrected chi connectivity index (χ0v) is 9.83. The van der Waals surface area contributed by atoms with Crippen LogP contribution in [-0.4, -0.2) is 23.1 Å². The van der Waals surface area contributed by atoms with Gasteiger partial charge in [0.2, 0.25) is 0 Å². The van der Waals surface area contributed by atoms with Gasteiger partial charge in [0.15, 0.2) is 5.11 Å². The molecule has 0 radical (unpaired) electrons. The Morgan fingerprint density at radius 2 is 2.50 bits per heavy atom. The monoisotopic (exact) mass is 226 g/mol. The molecule has 0 unspecified atom stereocenters. The number of nitrogens with one attached hydrogen (secondary N) is 1. The normalized spacial score (nSPS) is 15.2. The molecule has 0 saturated heterocycles. The molecule has 1 fully saturated rings. The zero-order chi connectivity index (χ0) is 9.97. The second-order valence-electron chi connectivity index (χ2n) is 3.66. The average Bonchev–Trinajstić information content (AvgIpc) is 2.81. The molecule has 4 heteroatoms. The Bertz CT molecular complexity index is 304. The predicted octanol–water partition coefficient (Wildman–Crippen LogP) is 2.22. The lowest BCUT2D eigenvalue weighted by atomic mass is 10.4. The van der Waals surface area contributed by atoms with Gasteiger partial charge in [-0.05, 0) is 36.5 Å². The molecule has 1 saturated carbocycles. The summed E-state index contributed by atoms with van der Waals surface area (Å²) in [6, 6.07) is 4.86. The first-order chi connectivity index (χ1) is 6.75. The summed E-state index contributed by atoms with van der Waals surface area (Å²) < 4.78 is 0. The highest BCUT2D eigenvalue weighted by atomic mass is 32.1. The fourth-order valence-electron chi connectivity index (χ4n) is 1.22. The molecule has 0 bridgehead atoms. The first-order valence-corrected chi connectivity index (χ1v) is 6.08. The Morgan fingerprint density at radius 1 is 1.71 bits per heavy atom. The van der Waals surface area contributed by atoms with Crippen molar-refractivity contribution in [2.24, 2.45) is 0 Å². The van der Waals surface area contributed by atoms with E-state index in [-0.39, 0.29) is 0 Å². The lowest BCUT2D eigenvalue weighted by Gasteiger charge is -2.20. The largest absolute Gasteiger partial charge is 0.360 e. The summed E-state index contributed by atoms with van der Waals surface area (Å²) in [5.74, 6) is 0. The van der Waals surface area contributed by atoms with Gasteiger partial charge in [-0.3, -0.25) is 0 Å². The molecule has 0 aromatic carbocycles. The minimum atomic E-state index is 0.647. The van der Waals surface area contributed by atoms with E-state index in [1.54, 1.807) is 11.3 Å². The minimum absolute atomic E-state index is 0.647. The van der Waals surface area contributed by atoms with E-state index in [4.69, 9.17) is 12.2 Å². The molecule has 76 valence electrons. The molecule has 1 aromatic heterocycles. The molecule has 0 aliphatic heterocycles. The van der Waals surface area contributed by atoms with Gasteiger partial charge in [-0.2, -0.15) is 0 Å². The summed E-state index contributed by atoms with van der Waals surface area (Å²) in [6.45, 7) is 0.913. The van der Waals surface area contributed by atoms with Gasteiger partial charge in [-0.1, -0.05) is 6.07 Å². The SMILES string of the molecule is CN(Cc1cccs1)C(=S)NC1CC1. The van der Waals surface area contributed by atoms with Crippen molar-refractivity contribution in [1.29, 1.82) is 0 Å². The smallest absolute Gasteiger partial charge is 0.169 e. The number of thiocarbonyl (C=S) groups is 1. The molecule has 1 heterocycles. The van der Waals surface area contributed by atoms with E-state index in [0.29, 0.717) is 6.04 Å². The van der Waals surface area contributed by atoms with E-state index in [1.165, 1.54) is 17.7 Å². The molecule has 1 aromatic rings. The van der Waals surface area contributed by atoms with E-state index in [1.807, 2.05) is 7.05 Å². The second kappa shape index (κ2) is 4.28. The van der Waals surface area contributed by atoms with Crippen LogP contribution < -0.4 is 5.32 Å². The number of hydrogen-bond donors (Lipinski definition) is 1. The van der Waals surface area contributed by atoms with Crippen molar-refractivity contribution in [3.05, 3.63) is 22.4 Å². The highest BCUT2D eigenvalue weighted by Gasteiger charge is 2.22. The summed E-state index contributed by atoms with van der Waals surface area (Å²) in [7, 11) is 2.04. The van der Waals surface area contributed by atoms with Crippen LogP contribution in [0, 0.1) is 0 Å². The van der Waals surface area contributed by atoms with E-state index < -0.39 is 0 Å². The Hall–Kier alpha value is -0.610. The molecule has 0 amide bonds. The summed E-state index contributed by atoms with van der Waals surface area (Å²) in [5.41, 5.74) is 0. The molecule has 0 atom stereocenters. The Morgan fingerprint density at radius 3 is 3.07 bits per heavy atom. The van der Waals surface area contributed by atoms with E-state index in [9.17, 15) is 0 Å². The van der Waals surface area contributed by atoms with Crippen LogP contribution in [0.3, 0.4) is 0 Å². The van der Waals surface area contributed by atoms with Gasteiger partial charge in [0.1, 0.15) is 0 Å². The van der Waals surface area contributed by atoms with E-state index in [0.717, 1.165) is 11.7 Å². The molecule has 2 rings (SSSR count). The van der Waals surface area contributed by atoms with Gasteiger partial charge in [0.05, 0.1) is 6.54 Å². The second-order valence-corrected chi connectivity index (χ2v) is 5.08. The third kappa shape index (κ3) is 2.69. The van der Waals surface area contributed by atoms with Crippen molar-refractivity contribution in [2.75, 3.05) is 7.05 Å². The Kier molecular flexibility index (Phi) is 3.03. The van der Waals surface area contributed by atoms with E-state index >= 15 is 0 Å². The summed E-state index contributed by atoms with van der Waals surface area (Å²) in [6.07, 6.45) is 2.54. The third-order valence-electron chi connectivity index (χ3n) is 2.22. The minimum Gasteiger partial charge on any atom is -0.360 e. The maximum atomic E-state index is 5.29. The number of rotatable bonds is 3. The summed E-state index contributed by atoms with van der Waals surface area (Å²) >= 11 is 7.06. The van der Waals surface area contributed by atoms with Crippen molar-refractivity contribution in [1.82, 2.24) is 10.2 Å². The van der Waals surface area contributed by atoms with Gasteiger partial charge < -0.3 is 10.2 Å². The van der Waals surface area contributed by atoms with Crippen molar-refractivity contribution >= 4 is 28.7 Å². The third-order valence-corrected chi connectivity index (χ3v) is 3.52. The van der Waals surface area contributed by atoms with Crippen LogP contribution in [0.4, 0.5) is 0 Å². The van der Waals surface area contributed by atoms with Crippen LogP contribution >= 0.6 is 23.6 Å². The zero-order valence-electron chi connectivity index (χ0n) is 8.19. The predicted molar refractivity (Wildman–Crippen MR) is 64.5 cm³/mol. The van der Waals surface area contributed by atoms with Gasteiger partial charge >= 0.3 is 0 Å². The highest BCUT2D eigenvalue weighted by molar-refractivity contribution is 7.80. The standard InChI is InChI=1S/C10H14N2S2/c1-12(7-9-3-2-6-14-9)10(13)11-8-4-5-8/h2-3,6,8H,4-5,7H2,1H3,(H,11,13). The fraction of sp³-hybridized carbons (Fsp3) is 0.500. The number of nitrogens with zero attached hydrogens (tertiary/aromatic N) is 1. The van der Waals surface area contributed by atoms with E-state index in [2.05, 4.69) is 27.7 Å². The maximum absolute atomic E-state index is 5.29. The van der Waals surface area contributed by atoms with Gasteiger partial charge in [0, 0.05) is 18.0 Å². The van der Waals surface area contributed by atoms with Crippen LogP contribution in [0.1, 0.15) is 17.7 Å². The van der Waals surface area contributed by atoms with Crippen LogP contribution in [0.25, 0.3) is 0 Å². The van der Waals surface area contributed by atoms with Crippen LogP contribution in [-0.2, 0) is 6.54 Å². The summed E-state index contributed by atoms with van der Waals surface area (Å²) in [4.78, 5) is 3.45. The molecule has 0 spiro atoms. The molecule has 2 nitrogen and oxygen atoms in total. The van der Waals surface area contributed by atoms with Crippen molar-refractivity contribution in [3.63, 3.8) is 0 Å². The lowest BCUT2D eigenvalue weighted by molar-refractivity contribution is 0.493. The first-order valence-electron chi connectivity index (χ1n) is 4.80. The van der Waals surface area contributed by atoms with Crippen LogP contribution in [0.5, 0.6) is 0 Å². The van der Waals surface area contributed by atoms with Crippen molar-refractivity contribution < 1.29 is 0 Å². The lowest BCUT2D eigenvalue weighted by Crippen LogP contribution is -2.37. The molecular formula is C10H14N2S2. The highest BCUT2D eigenvalue weighted by Crippen LogP contribution is 2.19. The van der Waals surface area contributed by atoms with Gasteiger partial charge in [-0.25, -0.2) is 0 Å². The van der Waals surface area contributed by atoms with Gasteiger partial charge in [-0.15, -0.1) is 11.3 Å². The number of thiophene rings is 1. The first kappa shape index (κ1) is 9.93. The number of hydrogen-bond acceptors (Lipinski definition) is 2.